The van der Waals surface area contributed by atoms with Gasteiger partial charge in [0, 0.05) is 13.1 Å². The van der Waals surface area contributed by atoms with Crippen LogP contribution < -0.4 is 5.32 Å². The van der Waals surface area contributed by atoms with E-state index in [-0.39, 0.29) is 0 Å². The molecule has 0 saturated carbocycles. The molecular weight excluding hydrogens is 242 g/mol. The summed E-state index contributed by atoms with van der Waals surface area (Å²) in [5.41, 5.74) is 2.37. The maximum Gasteiger partial charge on any atom is 0.183 e. The number of benzene rings is 1. The van der Waals surface area contributed by atoms with Crippen LogP contribution in [0.15, 0.2) is 18.2 Å². The van der Waals surface area contributed by atoms with Crippen molar-refractivity contribution in [3.63, 3.8) is 0 Å². The Balaban J connectivity index is 1.95. The molecule has 1 aromatic carbocycles. The summed E-state index contributed by atoms with van der Waals surface area (Å²) in [5, 5.41) is 4.45. The Labute approximate surface area is 113 Å². The van der Waals surface area contributed by atoms with Gasteiger partial charge in [0.2, 0.25) is 0 Å². The third kappa shape index (κ3) is 3.21. The van der Waals surface area contributed by atoms with Gasteiger partial charge in [0.15, 0.2) is 5.13 Å². The Morgan fingerprint density at radius 2 is 2.06 bits per heavy atom. The average Bonchev–Trinajstić information content (AvgIpc) is 2.76. The zero-order valence-electron chi connectivity index (χ0n) is 11.4. The Kier molecular flexibility index (Phi) is 4.55. The third-order valence-corrected chi connectivity index (χ3v) is 4.14. The number of hydrogen-bond acceptors (Lipinski definition) is 4. The van der Waals surface area contributed by atoms with E-state index in [1.807, 2.05) is 0 Å². The van der Waals surface area contributed by atoms with Gasteiger partial charge in [-0.1, -0.05) is 31.3 Å². The van der Waals surface area contributed by atoms with E-state index in [1.54, 1.807) is 11.3 Å². The van der Waals surface area contributed by atoms with E-state index >= 15 is 0 Å². The first-order valence-electron chi connectivity index (χ1n) is 6.56. The van der Waals surface area contributed by atoms with Crippen LogP contribution in [0.2, 0.25) is 0 Å². The largest absolute Gasteiger partial charge is 0.360 e. The van der Waals surface area contributed by atoms with Crippen LogP contribution in [-0.2, 0) is 0 Å². The second-order valence-electron chi connectivity index (χ2n) is 4.44. The minimum Gasteiger partial charge on any atom is -0.360 e. The Hall–Kier alpha value is -1.13. The molecule has 4 heteroatoms. The monoisotopic (exact) mass is 263 g/mol. The van der Waals surface area contributed by atoms with Crippen LogP contribution in [0.3, 0.4) is 0 Å². The van der Waals surface area contributed by atoms with Crippen molar-refractivity contribution in [2.75, 3.05) is 31.5 Å². The average molecular weight is 263 g/mol. The van der Waals surface area contributed by atoms with Gasteiger partial charge >= 0.3 is 0 Å². The van der Waals surface area contributed by atoms with Crippen LogP contribution in [-0.4, -0.2) is 36.1 Å². The first kappa shape index (κ1) is 13.3. The molecule has 0 bridgehead atoms. The summed E-state index contributed by atoms with van der Waals surface area (Å²) in [6.45, 7) is 10.7. The molecule has 0 radical (unpaired) electrons. The molecule has 0 fully saturated rings. The number of rotatable bonds is 6. The van der Waals surface area contributed by atoms with Gasteiger partial charge in [0.1, 0.15) is 0 Å². The highest BCUT2D eigenvalue weighted by molar-refractivity contribution is 7.22. The molecule has 18 heavy (non-hydrogen) atoms. The summed E-state index contributed by atoms with van der Waals surface area (Å²) < 4.78 is 1.26. The van der Waals surface area contributed by atoms with Crippen molar-refractivity contribution >= 4 is 26.7 Å². The lowest BCUT2D eigenvalue weighted by molar-refractivity contribution is 0.316. The number of thiazole rings is 1. The molecule has 0 saturated heterocycles. The molecule has 0 amide bonds. The van der Waals surface area contributed by atoms with Gasteiger partial charge in [0.05, 0.1) is 10.2 Å². The quantitative estimate of drug-likeness (QED) is 0.866. The topological polar surface area (TPSA) is 28.2 Å². The molecule has 0 aliphatic heterocycles. The van der Waals surface area contributed by atoms with Gasteiger partial charge < -0.3 is 10.2 Å². The van der Waals surface area contributed by atoms with Gasteiger partial charge in [-0.15, -0.1) is 0 Å². The molecule has 0 spiro atoms. The number of likely N-dealkylation sites (N-methyl/N-ethyl adjacent to an activating group) is 1. The lowest BCUT2D eigenvalue weighted by atomic mass is 10.2. The number of aryl methyl sites for hydroxylation is 1. The van der Waals surface area contributed by atoms with Gasteiger partial charge in [-0.05, 0) is 37.7 Å². The molecule has 0 aliphatic carbocycles. The maximum atomic E-state index is 4.61. The molecule has 2 rings (SSSR count). The second kappa shape index (κ2) is 6.16. The van der Waals surface area contributed by atoms with Gasteiger partial charge in [-0.25, -0.2) is 4.98 Å². The van der Waals surface area contributed by atoms with Crippen molar-refractivity contribution in [2.45, 2.75) is 20.8 Å². The van der Waals surface area contributed by atoms with Crippen LogP contribution >= 0.6 is 11.3 Å². The van der Waals surface area contributed by atoms with E-state index in [0.29, 0.717) is 0 Å². The minimum atomic E-state index is 0.959. The van der Waals surface area contributed by atoms with Gasteiger partial charge in [-0.3, -0.25) is 0 Å². The molecule has 0 unspecified atom stereocenters. The number of nitrogens with zero attached hydrogens (tertiary/aromatic N) is 2. The fourth-order valence-corrected chi connectivity index (χ4v) is 2.85. The van der Waals surface area contributed by atoms with Crippen molar-refractivity contribution in [3.05, 3.63) is 23.8 Å². The molecule has 3 nitrogen and oxygen atoms in total. The van der Waals surface area contributed by atoms with Crippen molar-refractivity contribution in [1.82, 2.24) is 9.88 Å². The number of fused-ring (bicyclic) bond motifs is 1. The molecule has 0 atom stereocenters. The van der Waals surface area contributed by atoms with Crippen molar-refractivity contribution in [1.29, 1.82) is 0 Å². The van der Waals surface area contributed by atoms with Gasteiger partial charge in [0.25, 0.3) is 0 Å². The van der Waals surface area contributed by atoms with E-state index < -0.39 is 0 Å². The predicted molar refractivity (Wildman–Crippen MR) is 80.6 cm³/mol. The molecule has 1 heterocycles. The van der Waals surface area contributed by atoms with Crippen LogP contribution in [0.1, 0.15) is 19.4 Å². The second-order valence-corrected chi connectivity index (χ2v) is 5.47. The summed E-state index contributed by atoms with van der Waals surface area (Å²) in [6.07, 6.45) is 0. The smallest absolute Gasteiger partial charge is 0.183 e. The van der Waals surface area contributed by atoms with Crippen LogP contribution in [0.4, 0.5) is 5.13 Å². The Morgan fingerprint density at radius 3 is 2.78 bits per heavy atom. The predicted octanol–water partition coefficient (Wildman–Crippen LogP) is 3.36. The number of nitrogens with one attached hydrogen (secondary N) is 1. The summed E-state index contributed by atoms with van der Waals surface area (Å²) in [4.78, 5) is 7.02. The molecule has 1 N–H and O–H groups in total. The van der Waals surface area contributed by atoms with Crippen LogP contribution in [0, 0.1) is 6.92 Å². The van der Waals surface area contributed by atoms with E-state index in [9.17, 15) is 0 Å². The van der Waals surface area contributed by atoms with Crippen molar-refractivity contribution < 1.29 is 0 Å². The fourth-order valence-electron chi connectivity index (χ4n) is 1.97. The molecule has 0 aliphatic rings. The lowest BCUT2D eigenvalue weighted by Gasteiger charge is -2.17. The summed E-state index contributed by atoms with van der Waals surface area (Å²) in [5.74, 6) is 0. The molecule has 1 aromatic heterocycles. The highest BCUT2D eigenvalue weighted by Crippen LogP contribution is 2.26. The van der Waals surface area contributed by atoms with Crippen LogP contribution in [0.25, 0.3) is 10.2 Å². The maximum absolute atomic E-state index is 4.61. The third-order valence-electron chi connectivity index (χ3n) is 3.14. The van der Waals surface area contributed by atoms with E-state index in [4.69, 9.17) is 0 Å². The highest BCUT2D eigenvalue weighted by atomic mass is 32.1. The zero-order valence-corrected chi connectivity index (χ0v) is 12.2. The molecule has 98 valence electrons. The number of anilines is 1. The van der Waals surface area contributed by atoms with E-state index in [1.165, 1.54) is 10.3 Å². The molecule has 2 aromatic rings. The highest BCUT2D eigenvalue weighted by Gasteiger charge is 2.04. The first-order chi connectivity index (χ1) is 8.72. The SMILES string of the molecule is CCN(CC)CCNc1nc2cc(C)ccc2s1. The Bertz CT molecular complexity index is 503. The van der Waals surface area contributed by atoms with Gasteiger partial charge in [-0.2, -0.15) is 0 Å². The number of aromatic nitrogens is 1. The summed E-state index contributed by atoms with van der Waals surface area (Å²) >= 11 is 1.73. The Morgan fingerprint density at radius 1 is 1.28 bits per heavy atom. The normalized spacial score (nSPS) is 11.3. The zero-order chi connectivity index (χ0) is 13.0. The van der Waals surface area contributed by atoms with Crippen molar-refractivity contribution in [2.24, 2.45) is 0 Å². The molecular formula is C14H21N3S. The number of hydrogen-bond donors (Lipinski definition) is 1. The van der Waals surface area contributed by atoms with E-state index in [0.717, 1.165) is 36.8 Å². The minimum absolute atomic E-state index is 0.959. The summed E-state index contributed by atoms with van der Waals surface area (Å²) in [7, 11) is 0. The van der Waals surface area contributed by atoms with E-state index in [2.05, 4.69) is 54.2 Å². The fraction of sp³-hybridized carbons (Fsp3) is 0.500. The van der Waals surface area contributed by atoms with Crippen LogP contribution in [0.5, 0.6) is 0 Å². The first-order valence-corrected chi connectivity index (χ1v) is 7.38. The standard InChI is InChI=1S/C14H21N3S/c1-4-17(5-2)9-8-15-14-16-12-10-11(3)6-7-13(12)18-14/h6-7,10H,4-5,8-9H2,1-3H3,(H,15,16). The summed E-state index contributed by atoms with van der Waals surface area (Å²) in [6, 6.07) is 6.43. The lowest BCUT2D eigenvalue weighted by Crippen LogP contribution is -2.28. The van der Waals surface area contributed by atoms with Crippen molar-refractivity contribution in [3.8, 4) is 0 Å².